The summed E-state index contributed by atoms with van der Waals surface area (Å²) >= 11 is 0. The standard InChI is InChI=1S/C19H19N3O3/c1-13-5-6-14(2)16(10-13)17-7-8-19(24)22(21-17)12-18(23)20-11-15-4-3-9-25-15/h3-10H,11-12H2,1-2H3,(H,20,23). The van der Waals surface area contributed by atoms with Crippen LogP contribution in [0.1, 0.15) is 16.9 Å². The maximum atomic E-state index is 12.1. The van der Waals surface area contributed by atoms with Crippen molar-refractivity contribution in [3.63, 3.8) is 0 Å². The number of benzene rings is 1. The quantitative estimate of drug-likeness (QED) is 0.776. The van der Waals surface area contributed by atoms with Crippen LogP contribution in [0.25, 0.3) is 11.3 Å². The van der Waals surface area contributed by atoms with Crippen molar-refractivity contribution >= 4 is 5.91 Å². The molecule has 6 heteroatoms. The number of nitrogens with zero attached hydrogens (tertiary/aromatic N) is 2. The maximum Gasteiger partial charge on any atom is 0.267 e. The second-order valence-corrected chi connectivity index (χ2v) is 5.89. The molecule has 0 bridgehead atoms. The van der Waals surface area contributed by atoms with Gasteiger partial charge in [0.25, 0.3) is 5.56 Å². The first-order valence-corrected chi connectivity index (χ1v) is 7.98. The number of aryl methyl sites for hydroxylation is 2. The first-order chi connectivity index (χ1) is 12.0. The Morgan fingerprint density at radius 1 is 1.20 bits per heavy atom. The van der Waals surface area contributed by atoms with Crippen LogP contribution in [-0.4, -0.2) is 15.7 Å². The molecule has 0 aliphatic rings. The third-order valence-electron chi connectivity index (χ3n) is 3.87. The minimum atomic E-state index is -0.317. The highest BCUT2D eigenvalue weighted by molar-refractivity contribution is 5.75. The average molecular weight is 337 g/mol. The van der Waals surface area contributed by atoms with Gasteiger partial charge in [0.2, 0.25) is 5.91 Å². The van der Waals surface area contributed by atoms with E-state index in [1.165, 1.54) is 10.7 Å². The van der Waals surface area contributed by atoms with Gasteiger partial charge in [-0.25, -0.2) is 4.68 Å². The molecule has 2 aromatic heterocycles. The smallest absolute Gasteiger partial charge is 0.267 e. The fourth-order valence-electron chi connectivity index (χ4n) is 2.51. The van der Waals surface area contributed by atoms with E-state index in [0.29, 0.717) is 11.5 Å². The van der Waals surface area contributed by atoms with Gasteiger partial charge in [-0.3, -0.25) is 9.59 Å². The Hall–Kier alpha value is -3.15. The monoisotopic (exact) mass is 337 g/mol. The fraction of sp³-hybridized carbons (Fsp3) is 0.211. The van der Waals surface area contributed by atoms with E-state index < -0.39 is 0 Å². The molecule has 0 radical (unpaired) electrons. The number of carbonyl (C=O) groups is 1. The van der Waals surface area contributed by atoms with Crippen LogP contribution < -0.4 is 10.9 Å². The van der Waals surface area contributed by atoms with Gasteiger partial charge in [-0.05, 0) is 43.7 Å². The molecular weight excluding hydrogens is 318 g/mol. The van der Waals surface area contributed by atoms with E-state index in [2.05, 4.69) is 10.4 Å². The second kappa shape index (κ2) is 7.17. The summed E-state index contributed by atoms with van der Waals surface area (Å²) in [6.07, 6.45) is 1.54. The molecule has 0 unspecified atom stereocenters. The normalized spacial score (nSPS) is 10.6. The Morgan fingerprint density at radius 3 is 2.80 bits per heavy atom. The highest BCUT2D eigenvalue weighted by Gasteiger charge is 2.10. The number of hydrogen-bond acceptors (Lipinski definition) is 4. The molecule has 6 nitrogen and oxygen atoms in total. The van der Waals surface area contributed by atoms with Gasteiger partial charge in [0.1, 0.15) is 12.3 Å². The number of aromatic nitrogens is 2. The maximum absolute atomic E-state index is 12.1. The molecule has 1 N–H and O–H groups in total. The van der Waals surface area contributed by atoms with Crippen molar-refractivity contribution in [2.45, 2.75) is 26.9 Å². The van der Waals surface area contributed by atoms with Crippen LogP contribution in [0.15, 0.2) is 57.9 Å². The third kappa shape index (κ3) is 4.03. The van der Waals surface area contributed by atoms with Crippen molar-refractivity contribution in [3.8, 4) is 11.3 Å². The van der Waals surface area contributed by atoms with E-state index >= 15 is 0 Å². The Kier molecular flexibility index (Phi) is 4.79. The first-order valence-electron chi connectivity index (χ1n) is 7.98. The van der Waals surface area contributed by atoms with Crippen LogP contribution in [0.3, 0.4) is 0 Å². The molecule has 1 aromatic carbocycles. The Balaban J connectivity index is 1.78. The lowest BCUT2D eigenvalue weighted by Crippen LogP contribution is -2.33. The zero-order valence-corrected chi connectivity index (χ0v) is 14.2. The Labute approximate surface area is 145 Å². The van der Waals surface area contributed by atoms with E-state index in [1.54, 1.807) is 24.5 Å². The lowest BCUT2D eigenvalue weighted by molar-refractivity contribution is -0.122. The molecule has 1 amide bonds. The molecule has 3 aromatic rings. The van der Waals surface area contributed by atoms with Crippen LogP contribution in [0.2, 0.25) is 0 Å². The minimum absolute atomic E-state index is 0.141. The molecule has 3 rings (SSSR count). The predicted molar refractivity (Wildman–Crippen MR) is 94.0 cm³/mol. The second-order valence-electron chi connectivity index (χ2n) is 5.89. The summed E-state index contributed by atoms with van der Waals surface area (Å²) in [6, 6.07) is 12.7. The van der Waals surface area contributed by atoms with Crippen LogP contribution >= 0.6 is 0 Å². The van der Waals surface area contributed by atoms with Gasteiger partial charge in [0, 0.05) is 11.6 Å². The summed E-state index contributed by atoms with van der Waals surface area (Å²) in [5, 5.41) is 7.06. The minimum Gasteiger partial charge on any atom is -0.467 e. The number of nitrogens with one attached hydrogen (secondary N) is 1. The lowest BCUT2D eigenvalue weighted by atomic mass is 10.0. The summed E-state index contributed by atoms with van der Waals surface area (Å²) < 4.78 is 6.34. The number of hydrogen-bond donors (Lipinski definition) is 1. The summed E-state index contributed by atoms with van der Waals surface area (Å²) in [7, 11) is 0. The van der Waals surface area contributed by atoms with Crippen molar-refractivity contribution < 1.29 is 9.21 Å². The SMILES string of the molecule is Cc1ccc(C)c(-c2ccc(=O)n(CC(=O)NCc3ccco3)n2)c1. The molecule has 25 heavy (non-hydrogen) atoms. The Bertz CT molecular complexity index is 943. The highest BCUT2D eigenvalue weighted by atomic mass is 16.3. The van der Waals surface area contributed by atoms with E-state index in [0.717, 1.165) is 16.7 Å². The van der Waals surface area contributed by atoms with Gasteiger partial charge >= 0.3 is 0 Å². The largest absolute Gasteiger partial charge is 0.467 e. The van der Waals surface area contributed by atoms with E-state index in [-0.39, 0.29) is 24.6 Å². The molecule has 0 saturated heterocycles. The first kappa shape index (κ1) is 16.7. The van der Waals surface area contributed by atoms with Gasteiger partial charge in [-0.15, -0.1) is 0 Å². The van der Waals surface area contributed by atoms with Crippen molar-refractivity contribution in [1.82, 2.24) is 15.1 Å². The van der Waals surface area contributed by atoms with Crippen LogP contribution in [0, 0.1) is 13.8 Å². The van der Waals surface area contributed by atoms with Crippen LogP contribution in [-0.2, 0) is 17.9 Å². The van der Waals surface area contributed by atoms with Crippen LogP contribution in [0.5, 0.6) is 0 Å². The molecule has 0 atom stereocenters. The van der Waals surface area contributed by atoms with E-state index in [4.69, 9.17) is 4.42 Å². The molecule has 0 fully saturated rings. The molecule has 128 valence electrons. The van der Waals surface area contributed by atoms with Gasteiger partial charge in [-0.2, -0.15) is 5.10 Å². The molecule has 2 heterocycles. The van der Waals surface area contributed by atoms with E-state index in [1.807, 2.05) is 32.0 Å². The van der Waals surface area contributed by atoms with Crippen LogP contribution in [0.4, 0.5) is 0 Å². The predicted octanol–water partition coefficient (Wildman–Crippen LogP) is 2.44. The van der Waals surface area contributed by atoms with E-state index in [9.17, 15) is 9.59 Å². The lowest BCUT2D eigenvalue weighted by Gasteiger charge is -2.10. The number of rotatable bonds is 5. The zero-order valence-electron chi connectivity index (χ0n) is 14.2. The molecule has 0 aliphatic heterocycles. The van der Waals surface area contributed by atoms with Gasteiger partial charge < -0.3 is 9.73 Å². The summed E-state index contributed by atoms with van der Waals surface area (Å²) in [6.45, 7) is 4.12. The number of amides is 1. The molecule has 0 saturated carbocycles. The summed E-state index contributed by atoms with van der Waals surface area (Å²) in [5.74, 6) is 0.349. The molecular formula is C19H19N3O3. The topological polar surface area (TPSA) is 77.1 Å². The summed E-state index contributed by atoms with van der Waals surface area (Å²) in [5.41, 5.74) is 3.47. The average Bonchev–Trinajstić information content (AvgIpc) is 3.11. The van der Waals surface area contributed by atoms with Gasteiger partial charge in [0.05, 0.1) is 18.5 Å². The Morgan fingerprint density at radius 2 is 2.04 bits per heavy atom. The van der Waals surface area contributed by atoms with Crippen molar-refractivity contribution in [2.75, 3.05) is 0 Å². The van der Waals surface area contributed by atoms with Crippen molar-refractivity contribution in [2.24, 2.45) is 0 Å². The fourth-order valence-corrected chi connectivity index (χ4v) is 2.51. The molecule has 0 aliphatic carbocycles. The van der Waals surface area contributed by atoms with Crippen molar-refractivity contribution in [3.05, 3.63) is 76.0 Å². The number of carbonyl (C=O) groups excluding carboxylic acids is 1. The van der Waals surface area contributed by atoms with Gasteiger partial charge in [-0.1, -0.05) is 17.7 Å². The molecule has 0 spiro atoms. The highest BCUT2D eigenvalue weighted by Crippen LogP contribution is 2.21. The van der Waals surface area contributed by atoms with Gasteiger partial charge in [0.15, 0.2) is 0 Å². The van der Waals surface area contributed by atoms with Crippen molar-refractivity contribution in [1.29, 1.82) is 0 Å². The zero-order chi connectivity index (χ0) is 17.8. The summed E-state index contributed by atoms with van der Waals surface area (Å²) in [4.78, 5) is 24.1. The third-order valence-corrected chi connectivity index (χ3v) is 3.87. The number of furan rings is 1.